The van der Waals surface area contributed by atoms with Gasteiger partial charge in [-0.25, -0.2) is 0 Å². The van der Waals surface area contributed by atoms with Crippen LogP contribution in [0.25, 0.3) is 22.2 Å². The number of fused-ring (bicyclic) bond motifs is 1. The molecule has 7 heteroatoms. The fourth-order valence-electron chi connectivity index (χ4n) is 3.12. The number of halogens is 3. The number of hydrogen-bond acceptors (Lipinski definition) is 2. The summed E-state index contributed by atoms with van der Waals surface area (Å²) in [7, 11) is 0. The van der Waals surface area contributed by atoms with E-state index in [1.807, 2.05) is 30.3 Å². The molecule has 0 bridgehead atoms. The zero-order chi connectivity index (χ0) is 20.4. The molecule has 0 radical (unpaired) electrons. The summed E-state index contributed by atoms with van der Waals surface area (Å²) in [6, 6.07) is 19.1. The van der Waals surface area contributed by atoms with Crippen LogP contribution in [0.2, 0.25) is 0 Å². The first kappa shape index (κ1) is 18.7. The molecule has 146 valence electrons. The van der Waals surface area contributed by atoms with Crippen molar-refractivity contribution in [2.24, 2.45) is 0 Å². The van der Waals surface area contributed by atoms with Gasteiger partial charge < -0.3 is 5.32 Å². The Hall–Kier alpha value is -3.61. The van der Waals surface area contributed by atoms with Crippen molar-refractivity contribution < 1.29 is 18.0 Å². The molecule has 0 atom stereocenters. The van der Waals surface area contributed by atoms with E-state index in [9.17, 15) is 18.0 Å². The van der Waals surface area contributed by atoms with Crippen LogP contribution < -0.4 is 5.32 Å². The monoisotopic (exact) mass is 395 g/mol. The summed E-state index contributed by atoms with van der Waals surface area (Å²) in [4.78, 5) is 16.7. The molecule has 0 aliphatic rings. The van der Waals surface area contributed by atoms with E-state index >= 15 is 0 Å². The Morgan fingerprint density at radius 3 is 2.48 bits per heavy atom. The maximum atomic E-state index is 12.9. The van der Waals surface area contributed by atoms with E-state index in [4.69, 9.17) is 0 Å². The summed E-state index contributed by atoms with van der Waals surface area (Å²) in [6.45, 7) is 0.201. The van der Waals surface area contributed by atoms with E-state index in [1.165, 1.54) is 18.3 Å². The second-order valence-electron chi connectivity index (χ2n) is 6.53. The first-order chi connectivity index (χ1) is 13.9. The van der Waals surface area contributed by atoms with E-state index < -0.39 is 6.30 Å². The fourth-order valence-corrected chi connectivity index (χ4v) is 3.12. The quantitative estimate of drug-likeness (QED) is 0.522. The summed E-state index contributed by atoms with van der Waals surface area (Å²) in [6.07, 6.45) is -1.96. The van der Waals surface area contributed by atoms with Gasteiger partial charge in [-0.3, -0.25) is 14.3 Å². The maximum absolute atomic E-state index is 12.9. The summed E-state index contributed by atoms with van der Waals surface area (Å²) < 4.78 is 39.1. The number of aromatic nitrogens is 2. The fraction of sp³-hybridized carbons (Fsp3) is 0.0909. The van der Waals surface area contributed by atoms with Crippen molar-refractivity contribution in [1.82, 2.24) is 14.9 Å². The Balaban J connectivity index is 1.44. The highest BCUT2D eigenvalue weighted by Crippen LogP contribution is 2.29. The van der Waals surface area contributed by atoms with Gasteiger partial charge in [0.1, 0.15) is 0 Å². The van der Waals surface area contributed by atoms with Crippen molar-refractivity contribution in [3.05, 3.63) is 90.3 Å². The third kappa shape index (κ3) is 3.99. The van der Waals surface area contributed by atoms with Crippen molar-refractivity contribution in [2.75, 3.05) is 0 Å². The van der Waals surface area contributed by atoms with Crippen molar-refractivity contribution >= 4 is 16.8 Å². The van der Waals surface area contributed by atoms with Crippen molar-refractivity contribution in [2.45, 2.75) is 12.8 Å². The Labute approximate surface area is 164 Å². The molecule has 0 spiro atoms. The summed E-state index contributed by atoms with van der Waals surface area (Å²) in [5.74, 6) is -0.301. The average molecular weight is 395 g/mol. The number of amides is 1. The first-order valence-corrected chi connectivity index (χ1v) is 8.89. The number of nitrogens with zero attached hydrogens (tertiary/aromatic N) is 2. The molecule has 1 N–H and O–H groups in total. The number of nitrogens with one attached hydrogen (secondary N) is 1. The van der Waals surface area contributed by atoms with Gasteiger partial charge in [0.05, 0.1) is 16.8 Å². The maximum Gasteiger partial charge on any atom is 0.488 e. The lowest BCUT2D eigenvalue weighted by Gasteiger charge is -2.10. The van der Waals surface area contributed by atoms with Gasteiger partial charge in [-0.15, -0.1) is 13.2 Å². The zero-order valence-corrected chi connectivity index (χ0v) is 15.1. The standard InChI is InChI=1S/C22H16F3N3O/c23-22(24,25)28-11-10-17-12-15(6-9-20(17)28)13-27-21(29)18-7-8-19(26-14-18)16-4-2-1-3-5-16/h1-12,14H,13H2,(H,27,29). The van der Waals surface area contributed by atoms with E-state index in [2.05, 4.69) is 10.3 Å². The van der Waals surface area contributed by atoms with Crippen LogP contribution in [-0.4, -0.2) is 15.5 Å². The second-order valence-corrected chi connectivity index (χ2v) is 6.53. The number of rotatable bonds is 4. The molecule has 1 amide bonds. The van der Waals surface area contributed by atoms with Crippen LogP contribution in [0.1, 0.15) is 15.9 Å². The van der Waals surface area contributed by atoms with E-state index in [0.29, 0.717) is 16.5 Å². The molecular weight excluding hydrogens is 379 g/mol. The molecule has 4 nitrogen and oxygen atoms in total. The van der Waals surface area contributed by atoms with E-state index in [1.54, 1.807) is 24.3 Å². The predicted octanol–water partition coefficient (Wildman–Crippen LogP) is 5.11. The molecule has 4 aromatic rings. The Bertz CT molecular complexity index is 1150. The topological polar surface area (TPSA) is 46.9 Å². The van der Waals surface area contributed by atoms with Crippen LogP contribution in [0.3, 0.4) is 0 Å². The summed E-state index contributed by atoms with van der Waals surface area (Å²) in [5.41, 5.74) is 2.92. The lowest BCUT2D eigenvalue weighted by molar-refractivity contribution is -0.200. The number of hydrogen-bond donors (Lipinski definition) is 1. The molecule has 0 aliphatic heterocycles. The van der Waals surface area contributed by atoms with Gasteiger partial charge in [0.15, 0.2) is 0 Å². The normalized spacial score (nSPS) is 11.6. The Kier molecular flexibility index (Phi) is 4.80. The van der Waals surface area contributed by atoms with Crippen molar-refractivity contribution in [3.63, 3.8) is 0 Å². The van der Waals surface area contributed by atoms with Gasteiger partial charge in [0.2, 0.25) is 0 Å². The van der Waals surface area contributed by atoms with Gasteiger partial charge in [-0.05, 0) is 35.9 Å². The number of alkyl halides is 3. The van der Waals surface area contributed by atoms with Gasteiger partial charge in [0, 0.05) is 29.9 Å². The van der Waals surface area contributed by atoms with Crippen LogP contribution in [0.4, 0.5) is 13.2 Å². The summed E-state index contributed by atoms with van der Waals surface area (Å²) in [5, 5.41) is 3.23. The highest BCUT2D eigenvalue weighted by atomic mass is 19.4. The minimum atomic E-state index is -4.46. The van der Waals surface area contributed by atoms with Crippen LogP contribution in [0, 0.1) is 0 Å². The minimum absolute atomic E-state index is 0.0771. The molecule has 29 heavy (non-hydrogen) atoms. The first-order valence-electron chi connectivity index (χ1n) is 8.89. The van der Waals surface area contributed by atoms with E-state index in [0.717, 1.165) is 17.5 Å². The molecule has 2 aromatic carbocycles. The largest absolute Gasteiger partial charge is 0.488 e. The van der Waals surface area contributed by atoms with Crippen LogP contribution in [0.15, 0.2) is 79.1 Å². The summed E-state index contributed by atoms with van der Waals surface area (Å²) >= 11 is 0. The van der Waals surface area contributed by atoms with Gasteiger partial charge in [0.25, 0.3) is 5.91 Å². The van der Waals surface area contributed by atoms with Gasteiger partial charge >= 0.3 is 6.30 Å². The molecular formula is C22H16F3N3O. The minimum Gasteiger partial charge on any atom is -0.348 e. The number of carbonyl (C=O) groups excluding carboxylic acids is 1. The lowest BCUT2D eigenvalue weighted by atomic mass is 10.1. The molecule has 2 heterocycles. The average Bonchev–Trinajstić information content (AvgIpc) is 3.16. The number of carbonyl (C=O) groups is 1. The number of pyridine rings is 1. The van der Waals surface area contributed by atoms with E-state index in [-0.39, 0.29) is 22.5 Å². The highest BCUT2D eigenvalue weighted by molar-refractivity contribution is 5.94. The van der Waals surface area contributed by atoms with Gasteiger partial charge in [-0.2, -0.15) is 0 Å². The van der Waals surface area contributed by atoms with Crippen molar-refractivity contribution in [1.29, 1.82) is 0 Å². The molecule has 4 rings (SSSR count). The molecule has 0 aliphatic carbocycles. The molecule has 0 saturated heterocycles. The molecule has 0 unspecified atom stereocenters. The van der Waals surface area contributed by atoms with Crippen LogP contribution >= 0.6 is 0 Å². The molecule has 2 aromatic heterocycles. The predicted molar refractivity (Wildman–Crippen MR) is 104 cm³/mol. The third-order valence-corrected chi connectivity index (χ3v) is 4.58. The highest BCUT2D eigenvalue weighted by Gasteiger charge is 2.31. The molecule has 0 fully saturated rings. The smallest absolute Gasteiger partial charge is 0.348 e. The Morgan fingerprint density at radius 1 is 1.00 bits per heavy atom. The van der Waals surface area contributed by atoms with Crippen LogP contribution in [0.5, 0.6) is 0 Å². The lowest BCUT2D eigenvalue weighted by Crippen LogP contribution is -2.22. The zero-order valence-electron chi connectivity index (χ0n) is 15.1. The van der Waals surface area contributed by atoms with Crippen LogP contribution in [-0.2, 0) is 12.8 Å². The third-order valence-electron chi connectivity index (χ3n) is 4.58. The van der Waals surface area contributed by atoms with Crippen molar-refractivity contribution in [3.8, 4) is 11.3 Å². The van der Waals surface area contributed by atoms with Gasteiger partial charge in [-0.1, -0.05) is 36.4 Å². The SMILES string of the molecule is O=C(NCc1ccc2c(ccn2C(F)(F)F)c1)c1ccc(-c2ccccc2)nc1. The molecule has 0 saturated carbocycles. The second kappa shape index (κ2) is 7.43. The number of benzene rings is 2. The Morgan fingerprint density at radius 2 is 1.79 bits per heavy atom.